The van der Waals surface area contributed by atoms with Crippen molar-refractivity contribution in [3.63, 3.8) is 0 Å². The van der Waals surface area contributed by atoms with E-state index in [1.165, 1.54) is 18.1 Å². The first-order valence-electron chi connectivity index (χ1n) is 5.65. The molecule has 1 amide bonds. The lowest BCUT2D eigenvalue weighted by Crippen LogP contribution is -2.27. The number of benzene rings is 1. The molecule has 0 radical (unpaired) electrons. The Hall–Kier alpha value is -2.63. The number of rotatable bonds is 4. The van der Waals surface area contributed by atoms with Crippen LogP contribution in [0, 0.1) is 0 Å². The molecule has 1 aromatic heterocycles. The molecule has 6 heteroatoms. The molecular weight excluding hydrogens is 246 g/mol. The van der Waals surface area contributed by atoms with Gasteiger partial charge in [0, 0.05) is 7.05 Å². The molecule has 0 aliphatic heterocycles. The van der Waals surface area contributed by atoms with Crippen LogP contribution in [0.3, 0.4) is 0 Å². The van der Waals surface area contributed by atoms with Crippen molar-refractivity contribution in [1.82, 2.24) is 9.97 Å². The van der Waals surface area contributed by atoms with Gasteiger partial charge in [-0.1, -0.05) is 30.3 Å². The monoisotopic (exact) mass is 259 g/mol. The molecule has 0 saturated heterocycles. The Morgan fingerprint density at radius 1 is 1.42 bits per heavy atom. The van der Waals surface area contributed by atoms with Crippen molar-refractivity contribution in [2.75, 3.05) is 11.9 Å². The fourth-order valence-corrected chi connectivity index (χ4v) is 1.46. The molecule has 0 bridgehead atoms. The molecular formula is C13H13N3O3. The number of anilines is 1. The highest BCUT2D eigenvalue weighted by molar-refractivity contribution is 5.85. The van der Waals surface area contributed by atoms with Crippen LogP contribution in [-0.2, 0) is 11.3 Å². The van der Waals surface area contributed by atoms with Gasteiger partial charge in [-0.05, 0) is 5.56 Å². The Kier molecular flexibility index (Phi) is 3.92. The Balaban J connectivity index is 1.94. The first-order valence-corrected chi connectivity index (χ1v) is 5.65. The molecule has 0 aliphatic carbocycles. The van der Waals surface area contributed by atoms with Crippen LogP contribution in [0.2, 0.25) is 0 Å². The fraction of sp³-hybridized carbons (Fsp3) is 0.154. The number of hydrogen-bond donors (Lipinski definition) is 1. The molecule has 0 unspecified atom stereocenters. The van der Waals surface area contributed by atoms with Crippen LogP contribution in [0.4, 0.5) is 10.7 Å². The quantitative estimate of drug-likeness (QED) is 0.852. The van der Waals surface area contributed by atoms with Crippen molar-refractivity contribution in [2.24, 2.45) is 0 Å². The van der Waals surface area contributed by atoms with Gasteiger partial charge in [0.1, 0.15) is 6.61 Å². The molecule has 1 aromatic carbocycles. The maximum Gasteiger partial charge on any atom is 0.416 e. The molecule has 0 aliphatic rings. The van der Waals surface area contributed by atoms with Crippen LogP contribution >= 0.6 is 0 Å². The highest BCUT2D eigenvalue weighted by atomic mass is 16.6. The van der Waals surface area contributed by atoms with E-state index in [-0.39, 0.29) is 12.6 Å². The molecule has 0 saturated carbocycles. The largest absolute Gasteiger partial charge is 0.444 e. The number of nitrogens with one attached hydrogen (secondary N) is 1. The first-order chi connectivity index (χ1) is 9.20. The zero-order valence-corrected chi connectivity index (χ0v) is 10.4. The van der Waals surface area contributed by atoms with E-state index in [2.05, 4.69) is 9.97 Å². The van der Waals surface area contributed by atoms with Crippen molar-refractivity contribution < 1.29 is 14.3 Å². The van der Waals surface area contributed by atoms with Crippen LogP contribution in [0.5, 0.6) is 0 Å². The van der Waals surface area contributed by atoms with E-state index in [0.717, 1.165) is 5.56 Å². The van der Waals surface area contributed by atoms with Crippen LogP contribution < -0.4 is 4.90 Å². The van der Waals surface area contributed by atoms with Gasteiger partial charge < -0.3 is 9.72 Å². The van der Waals surface area contributed by atoms with E-state index < -0.39 is 6.09 Å². The summed E-state index contributed by atoms with van der Waals surface area (Å²) in [6.07, 6.45) is 1.43. The van der Waals surface area contributed by atoms with Gasteiger partial charge in [0.25, 0.3) is 0 Å². The summed E-state index contributed by atoms with van der Waals surface area (Å²) in [5.74, 6) is 0.264. The lowest BCUT2D eigenvalue weighted by molar-refractivity contribution is 0.111. The summed E-state index contributed by atoms with van der Waals surface area (Å²) in [6.45, 7) is 0.186. The van der Waals surface area contributed by atoms with Crippen LogP contribution in [0.1, 0.15) is 16.1 Å². The molecule has 98 valence electrons. The van der Waals surface area contributed by atoms with Gasteiger partial charge in [0.2, 0.25) is 5.95 Å². The molecule has 2 aromatic rings. The molecule has 2 rings (SSSR count). The zero-order valence-electron chi connectivity index (χ0n) is 10.4. The predicted octanol–water partition coefficient (Wildman–Crippen LogP) is 2.00. The first kappa shape index (κ1) is 12.8. The van der Waals surface area contributed by atoms with Crippen LogP contribution in [-0.4, -0.2) is 29.4 Å². The maximum atomic E-state index is 11.8. The number of hydrogen-bond acceptors (Lipinski definition) is 4. The SMILES string of the molecule is CN(C(=O)OCc1ccccc1)c1ncc(C=O)[nH]1. The number of nitrogens with zero attached hydrogens (tertiary/aromatic N) is 2. The fourth-order valence-electron chi connectivity index (χ4n) is 1.46. The standard InChI is InChI=1S/C13H13N3O3/c1-16(12-14-7-11(8-17)15-12)13(18)19-9-10-5-3-2-4-6-10/h2-8H,9H2,1H3,(H,14,15). The van der Waals surface area contributed by atoms with Gasteiger partial charge in [-0.25, -0.2) is 9.78 Å². The maximum absolute atomic E-state index is 11.8. The summed E-state index contributed by atoms with van der Waals surface area (Å²) < 4.78 is 5.13. The summed E-state index contributed by atoms with van der Waals surface area (Å²) in [5.41, 5.74) is 1.20. The molecule has 1 heterocycles. The Morgan fingerprint density at radius 2 is 2.16 bits per heavy atom. The number of ether oxygens (including phenoxy) is 1. The second kappa shape index (κ2) is 5.81. The Bertz CT molecular complexity index is 566. The number of amides is 1. The number of H-pyrrole nitrogens is 1. The number of imidazole rings is 1. The molecule has 0 fully saturated rings. The van der Waals surface area contributed by atoms with Gasteiger partial charge in [-0.15, -0.1) is 0 Å². The van der Waals surface area contributed by atoms with Gasteiger partial charge in [0.15, 0.2) is 6.29 Å². The molecule has 19 heavy (non-hydrogen) atoms. The second-order valence-electron chi connectivity index (χ2n) is 3.88. The number of aromatic nitrogens is 2. The van der Waals surface area contributed by atoms with Crippen molar-refractivity contribution in [2.45, 2.75) is 6.61 Å². The summed E-state index contributed by atoms with van der Waals surface area (Å²) in [7, 11) is 1.51. The van der Waals surface area contributed by atoms with Crippen molar-refractivity contribution in [1.29, 1.82) is 0 Å². The smallest absolute Gasteiger partial charge is 0.416 e. The third-order valence-corrected chi connectivity index (χ3v) is 2.51. The second-order valence-corrected chi connectivity index (χ2v) is 3.88. The van der Waals surface area contributed by atoms with Crippen molar-refractivity contribution in [3.05, 3.63) is 47.8 Å². The molecule has 1 N–H and O–H groups in total. The van der Waals surface area contributed by atoms with Gasteiger partial charge in [0.05, 0.1) is 11.9 Å². The van der Waals surface area contributed by atoms with E-state index in [0.29, 0.717) is 12.0 Å². The van der Waals surface area contributed by atoms with E-state index >= 15 is 0 Å². The van der Waals surface area contributed by atoms with Gasteiger partial charge in [-0.3, -0.25) is 9.69 Å². The minimum absolute atomic E-state index is 0.186. The van der Waals surface area contributed by atoms with Gasteiger partial charge >= 0.3 is 6.09 Å². The highest BCUT2D eigenvalue weighted by Gasteiger charge is 2.15. The third kappa shape index (κ3) is 3.19. The molecule has 6 nitrogen and oxygen atoms in total. The van der Waals surface area contributed by atoms with Crippen molar-refractivity contribution in [3.8, 4) is 0 Å². The predicted molar refractivity (Wildman–Crippen MR) is 69.0 cm³/mol. The normalized spacial score (nSPS) is 9.95. The number of carbonyl (C=O) groups is 2. The summed E-state index contributed by atoms with van der Waals surface area (Å²) in [5, 5.41) is 0. The topological polar surface area (TPSA) is 75.3 Å². The zero-order chi connectivity index (χ0) is 13.7. The number of aldehydes is 1. The van der Waals surface area contributed by atoms with E-state index in [1.807, 2.05) is 30.3 Å². The molecule has 0 atom stereocenters. The van der Waals surface area contributed by atoms with Crippen LogP contribution in [0.15, 0.2) is 36.5 Å². The lowest BCUT2D eigenvalue weighted by Gasteiger charge is -2.13. The highest BCUT2D eigenvalue weighted by Crippen LogP contribution is 2.09. The average Bonchev–Trinajstić information content (AvgIpc) is 2.94. The average molecular weight is 259 g/mol. The van der Waals surface area contributed by atoms with Gasteiger partial charge in [-0.2, -0.15) is 0 Å². The van der Waals surface area contributed by atoms with Crippen molar-refractivity contribution >= 4 is 18.3 Å². The lowest BCUT2D eigenvalue weighted by atomic mass is 10.2. The van der Waals surface area contributed by atoms with E-state index in [9.17, 15) is 9.59 Å². The summed E-state index contributed by atoms with van der Waals surface area (Å²) in [4.78, 5) is 30.1. The number of carbonyl (C=O) groups excluding carboxylic acids is 2. The summed E-state index contributed by atoms with van der Waals surface area (Å²) >= 11 is 0. The molecule has 0 spiro atoms. The Labute approximate surface area is 110 Å². The van der Waals surface area contributed by atoms with E-state index in [1.54, 1.807) is 0 Å². The minimum Gasteiger partial charge on any atom is -0.444 e. The third-order valence-electron chi connectivity index (χ3n) is 2.51. The summed E-state index contributed by atoms with van der Waals surface area (Å²) in [6, 6.07) is 9.36. The van der Waals surface area contributed by atoms with Crippen LogP contribution in [0.25, 0.3) is 0 Å². The number of aromatic amines is 1. The Morgan fingerprint density at radius 3 is 2.79 bits per heavy atom. The van der Waals surface area contributed by atoms with E-state index in [4.69, 9.17) is 4.74 Å². The minimum atomic E-state index is -0.546.